The summed E-state index contributed by atoms with van der Waals surface area (Å²) < 4.78 is 35.7. The number of nitrogens with two attached hydrogens (primary N) is 1. The second kappa shape index (κ2) is 8.81. The van der Waals surface area contributed by atoms with Crippen molar-refractivity contribution in [2.45, 2.75) is 44.6 Å². The SMILES string of the molecule is C=C1C(Cc2ccnc(N)c2)[C@@H](C(=O)O)N1C(=O)N[C@H](CCC)c1ccc2c(c1)OC(F)(F)O2. The van der Waals surface area contributed by atoms with E-state index >= 15 is 0 Å². The third-order valence-electron chi connectivity index (χ3n) is 5.87. The van der Waals surface area contributed by atoms with Crippen molar-refractivity contribution in [3.63, 3.8) is 0 Å². The topological polar surface area (TPSA) is 127 Å². The summed E-state index contributed by atoms with van der Waals surface area (Å²) >= 11 is 0. The summed E-state index contributed by atoms with van der Waals surface area (Å²) in [6, 6.07) is 5.35. The van der Waals surface area contributed by atoms with E-state index in [1.807, 2.05) is 6.92 Å². The fraction of sp³-hybridized carbons (Fsp3) is 0.348. The Labute approximate surface area is 194 Å². The number of benzene rings is 1. The van der Waals surface area contributed by atoms with E-state index in [4.69, 9.17) is 5.73 Å². The maximum absolute atomic E-state index is 13.4. The van der Waals surface area contributed by atoms with Crippen LogP contribution in [-0.2, 0) is 11.2 Å². The second-order valence-corrected chi connectivity index (χ2v) is 8.21. The standard InChI is InChI=1S/C23H24F2N4O5/c1-3-4-16(14-5-6-17-18(11-14)34-23(24,25)33-17)28-22(32)29-12(2)15(20(29)21(30)31)9-13-7-8-27-19(26)10-13/h5-8,10-11,15-16,20H,2-4,9H2,1H3,(H2,26,27)(H,28,32)(H,30,31)/t15?,16-,20+/m1/s1. The van der Waals surface area contributed by atoms with Gasteiger partial charge < -0.3 is 25.6 Å². The minimum atomic E-state index is -3.75. The van der Waals surface area contributed by atoms with Crippen molar-refractivity contribution < 1.29 is 33.0 Å². The zero-order valence-corrected chi connectivity index (χ0v) is 18.3. The molecule has 9 nitrogen and oxygen atoms in total. The van der Waals surface area contributed by atoms with Gasteiger partial charge in [-0.1, -0.05) is 26.0 Å². The van der Waals surface area contributed by atoms with E-state index in [9.17, 15) is 23.5 Å². The lowest BCUT2D eigenvalue weighted by Gasteiger charge is -2.47. The number of anilines is 1. The number of nitrogen functional groups attached to an aromatic ring is 1. The number of nitrogens with zero attached hydrogens (tertiary/aromatic N) is 2. The van der Waals surface area contributed by atoms with Crippen molar-refractivity contribution in [3.05, 3.63) is 59.9 Å². The second-order valence-electron chi connectivity index (χ2n) is 8.21. The zero-order chi connectivity index (χ0) is 24.6. The highest BCUT2D eigenvalue weighted by molar-refractivity contribution is 5.88. The van der Waals surface area contributed by atoms with Crippen LogP contribution in [0.25, 0.3) is 0 Å². The van der Waals surface area contributed by atoms with Crippen LogP contribution in [0.1, 0.15) is 36.9 Å². The van der Waals surface area contributed by atoms with Gasteiger partial charge in [-0.15, -0.1) is 8.78 Å². The molecule has 4 N–H and O–H groups in total. The van der Waals surface area contributed by atoms with Gasteiger partial charge in [-0.05, 0) is 48.2 Å². The van der Waals surface area contributed by atoms with Gasteiger partial charge in [-0.25, -0.2) is 14.6 Å². The van der Waals surface area contributed by atoms with Gasteiger partial charge in [0.1, 0.15) is 11.9 Å². The Hall–Kier alpha value is -3.89. The number of hydrogen-bond acceptors (Lipinski definition) is 6. The Bertz CT molecular complexity index is 1140. The molecule has 1 fully saturated rings. The number of carbonyl (C=O) groups is 2. The number of hydrogen-bond donors (Lipinski definition) is 3. The van der Waals surface area contributed by atoms with Crippen molar-refractivity contribution in [1.82, 2.24) is 15.2 Å². The van der Waals surface area contributed by atoms with Gasteiger partial charge in [0.15, 0.2) is 11.5 Å². The summed E-state index contributed by atoms with van der Waals surface area (Å²) in [6.07, 6.45) is -0.725. The largest absolute Gasteiger partial charge is 0.586 e. The van der Waals surface area contributed by atoms with Gasteiger partial charge in [0.05, 0.1) is 6.04 Å². The average Bonchev–Trinajstić information content (AvgIpc) is 3.07. The minimum Gasteiger partial charge on any atom is -0.480 e. The summed E-state index contributed by atoms with van der Waals surface area (Å²) in [5.74, 6) is -1.58. The quantitative estimate of drug-likeness (QED) is 0.559. The van der Waals surface area contributed by atoms with Crippen molar-refractivity contribution in [2.24, 2.45) is 5.92 Å². The van der Waals surface area contributed by atoms with Gasteiger partial charge in [-0.2, -0.15) is 0 Å². The number of fused-ring (bicyclic) bond motifs is 1. The van der Waals surface area contributed by atoms with Gasteiger partial charge in [-0.3, -0.25) is 4.90 Å². The van der Waals surface area contributed by atoms with E-state index in [0.717, 1.165) is 10.5 Å². The molecule has 180 valence electrons. The number of nitrogens with one attached hydrogen (secondary N) is 1. The van der Waals surface area contributed by atoms with E-state index in [0.29, 0.717) is 36.3 Å². The first-order chi connectivity index (χ1) is 16.1. The van der Waals surface area contributed by atoms with Crippen LogP contribution in [0.5, 0.6) is 11.5 Å². The van der Waals surface area contributed by atoms with E-state index in [2.05, 4.69) is 26.4 Å². The summed E-state index contributed by atoms with van der Waals surface area (Å²) in [5.41, 5.74) is 7.37. The normalized spacial score (nSPS) is 21.0. The molecular weight excluding hydrogens is 450 g/mol. The van der Waals surface area contributed by atoms with Gasteiger partial charge in [0.2, 0.25) is 0 Å². The molecule has 0 spiro atoms. The number of carboxylic acid groups (broad SMARTS) is 1. The average molecular weight is 474 g/mol. The first-order valence-corrected chi connectivity index (χ1v) is 10.7. The van der Waals surface area contributed by atoms with Crippen LogP contribution in [0, 0.1) is 5.92 Å². The highest BCUT2D eigenvalue weighted by atomic mass is 19.3. The molecule has 4 rings (SSSR count). The molecule has 0 bridgehead atoms. The Morgan fingerprint density at radius 3 is 2.71 bits per heavy atom. The van der Waals surface area contributed by atoms with Crippen molar-refractivity contribution >= 4 is 17.8 Å². The van der Waals surface area contributed by atoms with Gasteiger partial charge >= 0.3 is 18.3 Å². The molecule has 1 aromatic heterocycles. The Morgan fingerprint density at radius 2 is 2.03 bits per heavy atom. The number of likely N-dealkylation sites (tertiary alicyclic amines) is 1. The van der Waals surface area contributed by atoms with Crippen LogP contribution in [0.2, 0.25) is 0 Å². The molecule has 2 aliphatic heterocycles. The monoisotopic (exact) mass is 474 g/mol. The fourth-order valence-corrected chi connectivity index (χ4v) is 4.29. The fourth-order valence-electron chi connectivity index (χ4n) is 4.29. The van der Waals surface area contributed by atoms with E-state index in [1.54, 1.807) is 18.2 Å². The number of aromatic nitrogens is 1. The number of rotatable bonds is 7. The smallest absolute Gasteiger partial charge is 0.480 e. The molecule has 0 radical (unpaired) electrons. The summed E-state index contributed by atoms with van der Waals surface area (Å²) in [7, 11) is 0. The molecule has 11 heteroatoms. The van der Waals surface area contributed by atoms with E-state index in [-0.39, 0.29) is 11.5 Å². The van der Waals surface area contributed by atoms with Gasteiger partial charge in [0.25, 0.3) is 0 Å². The molecule has 3 atom stereocenters. The number of halogens is 2. The predicted molar refractivity (Wildman–Crippen MR) is 117 cm³/mol. The number of urea groups is 1. The number of amides is 2. The molecule has 0 saturated carbocycles. The highest BCUT2D eigenvalue weighted by Gasteiger charge is 2.50. The van der Waals surface area contributed by atoms with E-state index in [1.165, 1.54) is 18.3 Å². The Kier molecular flexibility index (Phi) is 6.03. The third-order valence-corrected chi connectivity index (χ3v) is 5.87. The highest BCUT2D eigenvalue weighted by Crippen LogP contribution is 2.43. The number of aliphatic carboxylic acids is 1. The maximum atomic E-state index is 13.4. The van der Waals surface area contributed by atoms with Crippen LogP contribution in [-0.4, -0.2) is 39.3 Å². The molecule has 0 aliphatic carbocycles. The molecule has 1 saturated heterocycles. The zero-order valence-electron chi connectivity index (χ0n) is 18.3. The molecule has 34 heavy (non-hydrogen) atoms. The third kappa shape index (κ3) is 4.45. The van der Waals surface area contributed by atoms with Crippen LogP contribution >= 0.6 is 0 Å². The lowest BCUT2D eigenvalue weighted by molar-refractivity contribution is -0.286. The first kappa shape index (κ1) is 23.3. The van der Waals surface area contributed by atoms with Crippen molar-refractivity contribution in [1.29, 1.82) is 0 Å². The number of pyridine rings is 1. The summed E-state index contributed by atoms with van der Waals surface area (Å²) in [4.78, 5) is 30.1. The predicted octanol–water partition coefficient (Wildman–Crippen LogP) is 3.68. The molecule has 1 aromatic carbocycles. The lowest BCUT2D eigenvalue weighted by atomic mass is 9.80. The number of carboxylic acids is 1. The first-order valence-electron chi connectivity index (χ1n) is 10.7. The van der Waals surface area contributed by atoms with Crippen LogP contribution in [0.15, 0.2) is 48.8 Å². The van der Waals surface area contributed by atoms with Crippen LogP contribution in [0.4, 0.5) is 19.4 Å². The Morgan fingerprint density at radius 1 is 1.29 bits per heavy atom. The van der Waals surface area contributed by atoms with E-state index < -0.39 is 36.3 Å². The molecule has 2 amide bonds. The molecule has 1 unspecified atom stereocenters. The Balaban J connectivity index is 1.50. The molecular formula is C23H24F2N4O5. The minimum absolute atomic E-state index is 0.100. The summed E-state index contributed by atoms with van der Waals surface area (Å²) in [6.45, 7) is 5.82. The number of carbonyl (C=O) groups excluding carboxylic acids is 1. The van der Waals surface area contributed by atoms with Crippen molar-refractivity contribution in [2.75, 3.05) is 5.73 Å². The molecule has 2 aromatic rings. The van der Waals surface area contributed by atoms with Crippen LogP contribution < -0.4 is 20.5 Å². The van der Waals surface area contributed by atoms with Crippen molar-refractivity contribution in [3.8, 4) is 11.5 Å². The number of ether oxygens (including phenoxy) is 2. The maximum Gasteiger partial charge on any atom is 0.586 e. The van der Waals surface area contributed by atoms with Gasteiger partial charge in [0, 0.05) is 17.8 Å². The number of alkyl halides is 2. The summed E-state index contributed by atoms with van der Waals surface area (Å²) in [5, 5.41) is 12.6. The van der Waals surface area contributed by atoms with Crippen LogP contribution in [0.3, 0.4) is 0 Å². The lowest BCUT2D eigenvalue weighted by Crippen LogP contribution is -2.63. The molecule has 2 aliphatic rings. The molecule has 3 heterocycles.